The molecule has 0 amide bonds. The molecule has 2 aromatic rings. The molecule has 0 radical (unpaired) electrons. The zero-order valence-corrected chi connectivity index (χ0v) is 6.71. The average Bonchev–Trinajstić information content (AvgIpc) is 2.17. The van der Waals surface area contributed by atoms with Gasteiger partial charge in [0, 0.05) is 6.20 Å². The van der Waals surface area contributed by atoms with Crippen molar-refractivity contribution in [3.63, 3.8) is 0 Å². The Morgan fingerprint density at radius 2 is 2.07 bits per heavy atom. The number of halogens is 2. The molecule has 0 bridgehead atoms. The molecule has 0 spiro atoms. The minimum Gasteiger partial charge on any atom is -0.501 e. The number of aromatic nitrogens is 2. The molecule has 2 aromatic heterocycles. The van der Waals surface area contributed by atoms with Gasteiger partial charge in [-0.1, -0.05) is 0 Å². The summed E-state index contributed by atoms with van der Waals surface area (Å²) in [5.74, 6) is -3.08. The summed E-state index contributed by atoms with van der Waals surface area (Å²) in [6.45, 7) is 0. The van der Waals surface area contributed by atoms with Crippen LogP contribution in [0, 0.1) is 11.6 Å². The van der Waals surface area contributed by atoms with E-state index in [-0.39, 0.29) is 10.9 Å². The highest BCUT2D eigenvalue weighted by atomic mass is 19.1. The molecule has 0 aliphatic carbocycles. The van der Waals surface area contributed by atoms with Gasteiger partial charge in [0.2, 0.25) is 5.75 Å². The second-order valence-corrected chi connectivity index (χ2v) is 2.66. The topological polar surface area (TPSA) is 66.0 Å². The molecule has 2 rings (SSSR count). The molecule has 6 heteroatoms. The molecule has 0 aliphatic heterocycles. The first-order chi connectivity index (χ1) is 6.61. The molecular formula is C8H4F2N2O2. The van der Waals surface area contributed by atoms with Gasteiger partial charge in [-0.15, -0.1) is 0 Å². The maximum atomic E-state index is 13.2. The molecule has 14 heavy (non-hydrogen) atoms. The van der Waals surface area contributed by atoms with E-state index in [1.54, 1.807) is 0 Å². The van der Waals surface area contributed by atoms with Crippen LogP contribution in [0.5, 0.6) is 5.75 Å². The van der Waals surface area contributed by atoms with Crippen molar-refractivity contribution in [2.75, 3.05) is 0 Å². The fourth-order valence-corrected chi connectivity index (χ4v) is 1.13. The maximum absolute atomic E-state index is 13.2. The van der Waals surface area contributed by atoms with Crippen LogP contribution in [0.3, 0.4) is 0 Å². The number of hydrogen-bond donors (Lipinski definition) is 2. The summed E-state index contributed by atoms with van der Waals surface area (Å²) in [5, 5.41) is 8.66. The molecule has 0 aliphatic rings. The summed E-state index contributed by atoms with van der Waals surface area (Å²) in [4.78, 5) is 16.3. The Bertz CT molecular complexity index is 565. The van der Waals surface area contributed by atoms with E-state index in [9.17, 15) is 13.6 Å². The van der Waals surface area contributed by atoms with Gasteiger partial charge in [-0.25, -0.2) is 8.78 Å². The number of pyridine rings is 2. The Morgan fingerprint density at radius 1 is 1.36 bits per heavy atom. The first-order valence-corrected chi connectivity index (χ1v) is 3.65. The predicted molar refractivity (Wildman–Crippen MR) is 43.9 cm³/mol. The van der Waals surface area contributed by atoms with Crippen molar-refractivity contribution in [2.24, 2.45) is 0 Å². The molecule has 0 fully saturated rings. The van der Waals surface area contributed by atoms with Crippen LogP contribution in [0.1, 0.15) is 0 Å². The van der Waals surface area contributed by atoms with Crippen LogP contribution in [0.25, 0.3) is 10.9 Å². The highest BCUT2D eigenvalue weighted by Gasteiger charge is 2.13. The Kier molecular flexibility index (Phi) is 1.70. The van der Waals surface area contributed by atoms with Crippen molar-refractivity contribution in [3.8, 4) is 5.75 Å². The van der Waals surface area contributed by atoms with E-state index in [0.29, 0.717) is 0 Å². The quantitative estimate of drug-likeness (QED) is 0.661. The number of hydrogen-bond acceptors (Lipinski definition) is 3. The fraction of sp³-hybridized carbons (Fsp3) is 0. The molecule has 2 N–H and O–H groups in total. The lowest BCUT2D eigenvalue weighted by atomic mass is 10.2. The average molecular weight is 198 g/mol. The van der Waals surface area contributed by atoms with E-state index in [1.165, 1.54) is 0 Å². The van der Waals surface area contributed by atoms with E-state index in [1.807, 2.05) is 4.98 Å². The SMILES string of the molecule is O=c1[nH]c2c(F)cncc2c(F)c1O. The van der Waals surface area contributed by atoms with Crippen molar-refractivity contribution >= 4 is 10.9 Å². The van der Waals surface area contributed by atoms with Crippen LogP contribution in [0.4, 0.5) is 8.78 Å². The van der Waals surface area contributed by atoms with Crippen molar-refractivity contribution in [2.45, 2.75) is 0 Å². The number of aromatic amines is 1. The molecule has 0 aromatic carbocycles. The first-order valence-electron chi connectivity index (χ1n) is 3.65. The lowest BCUT2D eigenvalue weighted by Crippen LogP contribution is -2.08. The zero-order chi connectivity index (χ0) is 10.3. The van der Waals surface area contributed by atoms with Crippen molar-refractivity contribution in [1.82, 2.24) is 9.97 Å². The van der Waals surface area contributed by atoms with Crippen molar-refractivity contribution < 1.29 is 13.9 Å². The molecule has 4 nitrogen and oxygen atoms in total. The van der Waals surface area contributed by atoms with Gasteiger partial charge in [0.15, 0.2) is 11.6 Å². The standard InChI is InChI=1S/C8H4F2N2O2/c9-4-2-11-1-3-5(10)7(13)8(14)12-6(3)4/h1-2,13H,(H,12,14). The van der Waals surface area contributed by atoms with Crippen LogP contribution >= 0.6 is 0 Å². The molecule has 0 unspecified atom stereocenters. The largest absolute Gasteiger partial charge is 0.501 e. The fourth-order valence-electron chi connectivity index (χ4n) is 1.13. The Morgan fingerprint density at radius 3 is 2.79 bits per heavy atom. The number of H-pyrrole nitrogens is 1. The minimum atomic E-state index is -1.17. The van der Waals surface area contributed by atoms with Crippen LogP contribution in [-0.4, -0.2) is 15.1 Å². The van der Waals surface area contributed by atoms with Crippen LogP contribution < -0.4 is 5.56 Å². The van der Waals surface area contributed by atoms with E-state index < -0.39 is 22.9 Å². The molecule has 2 heterocycles. The summed E-state index contributed by atoms with van der Waals surface area (Å²) in [7, 11) is 0. The van der Waals surface area contributed by atoms with Gasteiger partial charge >= 0.3 is 0 Å². The summed E-state index contributed by atoms with van der Waals surface area (Å²) in [6.07, 6.45) is 1.86. The highest BCUT2D eigenvalue weighted by molar-refractivity contribution is 5.79. The van der Waals surface area contributed by atoms with Gasteiger partial charge in [-0.3, -0.25) is 9.78 Å². The number of nitrogens with one attached hydrogen (secondary N) is 1. The maximum Gasteiger partial charge on any atom is 0.293 e. The van der Waals surface area contributed by atoms with Gasteiger partial charge in [0.25, 0.3) is 5.56 Å². The smallest absolute Gasteiger partial charge is 0.293 e. The molecular weight excluding hydrogens is 194 g/mol. The van der Waals surface area contributed by atoms with Gasteiger partial charge in [0.1, 0.15) is 0 Å². The third-order valence-corrected chi connectivity index (χ3v) is 1.80. The van der Waals surface area contributed by atoms with Crippen LogP contribution in [0.2, 0.25) is 0 Å². The van der Waals surface area contributed by atoms with Crippen molar-refractivity contribution in [1.29, 1.82) is 0 Å². The Balaban J connectivity index is 3.06. The number of rotatable bonds is 0. The third-order valence-electron chi connectivity index (χ3n) is 1.80. The lowest BCUT2D eigenvalue weighted by molar-refractivity contribution is 0.427. The van der Waals surface area contributed by atoms with E-state index in [0.717, 1.165) is 12.4 Å². The van der Waals surface area contributed by atoms with Gasteiger partial charge < -0.3 is 10.1 Å². The van der Waals surface area contributed by atoms with E-state index >= 15 is 0 Å². The first kappa shape index (κ1) is 8.61. The summed E-state index contributed by atoms with van der Waals surface area (Å²) >= 11 is 0. The lowest BCUT2D eigenvalue weighted by Gasteiger charge is -2.00. The second kappa shape index (κ2) is 2.76. The van der Waals surface area contributed by atoms with Gasteiger partial charge in [0.05, 0.1) is 17.1 Å². The summed E-state index contributed by atoms with van der Waals surface area (Å²) < 4.78 is 26.2. The monoisotopic (exact) mass is 198 g/mol. The van der Waals surface area contributed by atoms with Gasteiger partial charge in [-0.05, 0) is 0 Å². The molecule has 0 atom stereocenters. The number of aromatic hydroxyl groups is 1. The summed E-state index contributed by atoms with van der Waals surface area (Å²) in [5.41, 5.74) is -1.37. The molecule has 72 valence electrons. The van der Waals surface area contributed by atoms with Crippen LogP contribution in [-0.2, 0) is 0 Å². The number of nitrogens with zero attached hydrogens (tertiary/aromatic N) is 1. The zero-order valence-electron chi connectivity index (χ0n) is 6.71. The number of fused-ring (bicyclic) bond motifs is 1. The van der Waals surface area contributed by atoms with E-state index in [4.69, 9.17) is 5.11 Å². The second-order valence-electron chi connectivity index (χ2n) is 2.66. The van der Waals surface area contributed by atoms with Crippen molar-refractivity contribution in [3.05, 3.63) is 34.4 Å². The highest BCUT2D eigenvalue weighted by Crippen LogP contribution is 2.20. The van der Waals surface area contributed by atoms with E-state index in [2.05, 4.69) is 4.98 Å². The normalized spacial score (nSPS) is 10.7. The Labute approximate surface area is 75.8 Å². The minimum absolute atomic E-state index is 0.262. The summed E-state index contributed by atoms with van der Waals surface area (Å²) in [6, 6.07) is 0. The molecule has 0 saturated heterocycles. The third kappa shape index (κ3) is 1.04. The van der Waals surface area contributed by atoms with Crippen LogP contribution in [0.15, 0.2) is 17.2 Å². The van der Waals surface area contributed by atoms with Gasteiger partial charge in [-0.2, -0.15) is 0 Å². The molecule has 0 saturated carbocycles. The predicted octanol–water partition coefficient (Wildman–Crippen LogP) is 0.907. The Hall–Kier alpha value is -1.98.